The fourth-order valence-corrected chi connectivity index (χ4v) is 8.16. The van der Waals surface area contributed by atoms with E-state index in [1.807, 2.05) is 0 Å². The fourth-order valence-electron chi connectivity index (χ4n) is 8.16. The van der Waals surface area contributed by atoms with Gasteiger partial charge in [0.05, 0.1) is 42.8 Å². The van der Waals surface area contributed by atoms with Crippen molar-refractivity contribution in [3.05, 3.63) is 47.0 Å². The van der Waals surface area contributed by atoms with Crippen LogP contribution >= 0.6 is 11.6 Å². The second-order valence-electron chi connectivity index (χ2n) is 12.9. The summed E-state index contributed by atoms with van der Waals surface area (Å²) >= 11 is 4.60. The van der Waals surface area contributed by atoms with E-state index in [-0.39, 0.29) is 30.8 Å². The minimum Gasteiger partial charge on any atom is -0.457 e. The number of hydrogen-bond donors (Lipinski definition) is 3. The molecule has 1 unspecified atom stereocenters. The Kier molecular flexibility index (Phi) is 9.16. The van der Waals surface area contributed by atoms with Crippen molar-refractivity contribution in [3.63, 3.8) is 0 Å². The second-order valence-corrected chi connectivity index (χ2v) is 13.3. The van der Waals surface area contributed by atoms with Gasteiger partial charge >= 0.3 is 17.4 Å². The van der Waals surface area contributed by atoms with E-state index < -0.39 is 75.7 Å². The first kappa shape index (κ1) is 34.1. The van der Waals surface area contributed by atoms with Crippen molar-refractivity contribution in [3.8, 4) is 0 Å². The molecule has 1 saturated heterocycles. The first-order valence-electron chi connectivity index (χ1n) is 14.5. The summed E-state index contributed by atoms with van der Waals surface area (Å²) < 4.78 is 21.8. The van der Waals surface area contributed by atoms with Gasteiger partial charge in [0.15, 0.2) is 5.60 Å². The van der Waals surface area contributed by atoms with Crippen LogP contribution in [0.2, 0.25) is 0 Å². The minimum absolute atomic E-state index is 0.0283. The number of benzene rings is 1. The Labute approximate surface area is 261 Å². The van der Waals surface area contributed by atoms with Crippen molar-refractivity contribution in [2.24, 2.45) is 22.7 Å². The quantitative estimate of drug-likeness (QED) is 0.193. The molecule has 0 aromatic heterocycles. The molecule has 1 aromatic rings. The number of methoxy groups -OCH3 is 1. The van der Waals surface area contributed by atoms with Crippen molar-refractivity contribution >= 4 is 34.8 Å². The zero-order valence-corrected chi connectivity index (χ0v) is 26.7. The van der Waals surface area contributed by atoms with Crippen LogP contribution in [0.4, 0.5) is 4.79 Å². The Bertz CT molecular complexity index is 1360. The molecule has 9 atom stereocenters. The average molecular weight is 637 g/mol. The molecule has 0 radical (unpaired) electrons. The molecule has 0 amide bonds. The van der Waals surface area contributed by atoms with Gasteiger partial charge in [-0.1, -0.05) is 39.0 Å². The van der Waals surface area contributed by atoms with E-state index in [1.165, 1.54) is 14.0 Å². The number of fused-ring (bicyclic) bond motifs is 5. The van der Waals surface area contributed by atoms with Crippen LogP contribution in [0.1, 0.15) is 64.7 Å². The molecule has 1 aromatic carbocycles. The van der Waals surface area contributed by atoms with Gasteiger partial charge in [-0.05, 0) is 37.1 Å². The standard InChI is InChI=1S/C30H38O9.C2H3ClO2/c1-15-19(32)13-30(36)25(38-26(35)18-10-8-7-9-11-18)23-28(6,24(34)16(2)22(15)27(30,4)5)20(33)12-21-29(23,14-37-21)39-17(3)31;1-5-2(3)4/h7-11,16,19-21,23,25,32-33,36H,12-14H2,1-6H3;1H3/t16-,19+,20+,21-,23?,25+,28-,29+,30-;/m1./s1. The highest BCUT2D eigenvalue weighted by molar-refractivity contribution is 6.61. The number of esters is 2. The maximum Gasteiger partial charge on any atom is 0.403 e. The Balaban J connectivity index is 0.000000818. The third-order valence-corrected chi connectivity index (χ3v) is 10.6. The third kappa shape index (κ3) is 5.06. The van der Waals surface area contributed by atoms with Crippen LogP contribution in [0, 0.1) is 22.7 Å². The molecule has 11 nitrogen and oxygen atoms in total. The van der Waals surface area contributed by atoms with E-state index in [1.54, 1.807) is 65.0 Å². The van der Waals surface area contributed by atoms with Crippen LogP contribution in [0.25, 0.3) is 0 Å². The van der Waals surface area contributed by atoms with E-state index in [0.29, 0.717) is 11.1 Å². The van der Waals surface area contributed by atoms with Gasteiger partial charge in [0, 0.05) is 42.7 Å². The number of aliphatic hydroxyl groups excluding tert-OH is 2. The van der Waals surface area contributed by atoms with E-state index in [4.69, 9.17) is 14.2 Å². The number of ether oxygens (including phenoxy) is 4. The first-order chi connectivity index (χ1) is 20.4. The summed E-state index contributed by atoms with van der Waals surface area (Å²) in [6.45, 7) is 9.78. The minimum atomic E-state index is -1.91. The number of ketones is 1. The van der Waals surface area contributed by atoms with Crippen LogP contribution in [0.3, 0.4) is 0 Å². The van der Waals surface area contributed by atoms with Crippen LogP contribution in [0.5, 0.6) is 0 Å². The lowest BCUT2D eigenvalue weighted by Crippen LogP contribution is -2.81. The number of carbonyl (C=O) groups is 4. The summed E-state index contributed by atoms with van der Waals surface area (Å²) in [5, 5.41) is 35.5. The normalized spacial score (nSPS) is 38.7. The molecule has 2 saturated carbocycles. The highest BCUT2D eigenvalue weighted by atomic mass is 35.5. The van der Waals surface area contributed by atoms with E-state index >= 15 is 0 Å². The zero-order chi connectivity index (χ0) is 33.0. The number of Topliss-reactive ketones (excluding diaryl/α,β-unsaturated/α-hetero) is 1. The monoisotopic (exact) mass is 636 g/mol. The lowest BCUT2D eigenvalue weighted by molar-refractivity contribution is -0.345. The van der Waals surface area contributed by atoms with E-state index in [2.05, 4.69) is 16.3 Å². The van der Waals surface area contributed by atoms with E-state index in [0.717, 1.165) is 0 Å². The highest BCUT2D eigenvalue weighted by Crippen LogP contribution is 2.64. The molecule has 1 aliphatic heterocycles. The highest BCUT2D eigenvalue weighted by Gasteiger charge is 2.77. The molecule has 242 valence electrons. The molecule has 5 rings (SSSR count). The molecule has 3 N–H and O–H groups in total. The predicted octanol–water partition coefficient (Wildman–Crippen LogP) is 3.35. The SMILES string of the molecule is CC(=O)O[C@@]12CO[C@@H]1C[C@H](O)[C@@]1(C)C(=O)[C@H](C)C3=C(C)[C@@H](O)C[C@@](O)([C@@H](OC(=O)c4ccccc4)C12)C3(C)C.COC(=O)Cl. The number of hydrogen-bond acceptors (Lipinski definition) is 11. The van der Waals surface area contributed by atoms with Gasteiger partial charge in [-0.3, -0.25) is 9.59 Å². The van der Waals surface area contributed by atoms with Gasteiger partial charge in [0.1, 0.15) is 23.6 Å². The van der Waals surface area contributed by atoms with Crippen molar-refractivity contribution in [2.75, 3.05) is 13.7 Å². The Morgan fingerprint density at radius 3 is 2.18 bits per heavy atom. The molecule has 12 heteroatoms. The van der Waals surface area contributed by atoms with Crippen molar-refractivity contribution in [2.45, 2.75) is 90.0 Å². The first-order valence-corrected chi connectivity index (χ1v) is 14.9. The Morgan fingerprint density at radius 2 is 1.68 bits per heavy atom. The molecule has 44 heavy (non-hydrogen) atoms. The molecular formula is C32H41ClO11. The number of carbonyl (C=O) groups excluding carboxylic acids is 4. The van der Waals surface area contributed by atoms with Crippen molar-refractivity contribution in [1.82, 2.24) is 0 Å². The van der Waals surface area contributed by atoms with Gasteiger partial charge in [0.2, 0.25) is 0 Å². The Hall–Kier alpha value is -2.83. The van der Waals surface area contributed by atoms with Crippen molar-refractivity contribution in [1.29, 1.82) is 0 Å². The van der Waals surface area contributed by atoms with Gasteiger partial charge in [-0.2, -0.15) is 0 Å². The average Bonchev–Trinajstić information content (AvgIpc) is 2.95. The number of halogens is 1. The third-order valence-electron chi connectivity index (χ3n) is 10.4. The molecule has 4 aliphatic rings. The van der Waals surface area contributed by atoms with Crippen molar-refractivity contribution < 1.29 is 53.4 Å². The molecule has 1 heterocycles. The van der Waals surface area contributed by atoms with Gasteiger partial charge in [0.25, 0.3) is 0 Å². The van der Waals surface area contributed by atoms with Crippen LogP contribution in [-0.2, 0) is 28.5 Å². The molecular weight excluding hydrogens is 596 g/mol. The summed E-state index contributed by atoms with van der Waals surface area (Å²) in [7, 11) is 1.22. The summed E-state index contributed by atoms with van der Waals surface area (Å²) in [5.74, 6) is -3.66. The largest absolute Gasteiger partial charge is 0.457 e. The van der Waals surface area contributed by atoms with Crippen LogP contribution in [-0.4, -0.2) is 87.8 Å². The van der Waals surface area contributed by atoms with E-state index in [9.17, 15) is 34.5 Å². The molecule has 3 fully saturated rings. The molecule has 3 aliphatic carbocycles. The van der Waals surface area contributed by atoms with Gasteiger partial charge in [-0.15, -0.1) is 0 Å². The second kappa shape index (κ2) is 11.8. The summed E-state index contributed by atoms with van der Waals surface area (Å²) in [4.78, 5) is 50.0. The molecule has 0 spiro atoms. The smallest absolute Gasteiger partial charge is 0.403 e. The maximum absolute atomic E-state index is 14.5. The number of rotatable bonds is 3. The van der Waals surface area contributed by atoms with Crippen LogP contribution in [0.15, 0.2) is 41.5 Å². The fraction of sp³-hybridized carbons (Fsp3) is 0.625. The lowest BCUT2D eigenvalue weighted by atomic mass is 9.43. The summed E-state index contributed by atoms with van der Waals surface area (Å²) in [6, 6.07) is 8.26. The summed E-state index contributed by atoms with van der Waals surface area (Å²) in [5.41, 5.74) is -5.50. The topological polar surface area (TPSA) is 166 Å². The van der Waals surface area contributed by atoms with Crippen LogP contribution < -0.4 is 0 Å². The maximum atomic E-state index is 14.5. The number of aliphatic hydroxyl groups is 3. The lowest BCUT2D eigenvalue weighted by Gasteiger charge is -2.67. The zero-order valence-electron chi connectivity index (χ0n) is 26.0. The predicted molar refractivity (Wildman–Crippen MR) is 157 cm³/mol. The van der Waals surface area contributed by atoms with Gasteiger partial charge in [-0.25, -0.2) is 9.59 Å². The van der Waals surface area contributed by atoms with Gasteiger partial charge < -0.3 is 34.3 Å². The Morgan fingerprint density at radius 1 is 1.09 bits per heavy atom. The molecule has 2 bridgehead atoms. The summed E-state index contributed by atoms with van der Waals surface area (Å²) in [6.07, 6.45) is -4.73.